The minimum Gasteiger partial charge on any atom is -0.395 e. The second-order valence-electron chi connectivity index (χ2n) is 7.66. The lowest BCUT2D eigenvalue weighted by Crippen LogP contribution is -2.54. The Hall–Kier alpha value is -3.75. The summed E-state index contributed by atoms with van der Waals surface area (Å²) in [5, 5.41) is 29.4. The van der Waals surface area contributed by atoms with E-state index in [0.29, 0.717) is 25.2 Å². The summed E-state index contributed by atoms with van der Waals surface area (Å²) < 4.78 is 0. The average Bonchev–Trinajstić information content (AvgIpc) is 2.88. The average molecular weight is 483 g/mol. The molecule has 2 aromatic carbocycles. The zero-order valence-electron chi connectivity index (χ0n) is 19.7. The second kappa shape index (κ2) is 13.8. The Balaban J connectivity index is 2.08. The Morgan fingerprint density at radius 2 is 1.40 bits per heavy atom. The largest absolute Gasteiger partial charge is 0.395 e. The van der Waals surface area contributed by atoms with Gasteiger partial charge in [-0.05, 0) is 42.0 Å². The molecule has 0 spiro atoms. The fraction of sp³-hybridized carbons (Fsp3) is 0.320. The molecule has 35 heavy (non-hydrogen) atoms. The van der Waals surface area contributed by atoms with Gasteiger partial charge >= 0.3 is 0 Å². The van der Waals surface area contributed by atoms with Crippen LogP contribution in [0.25, 0.3) is 0 Å². The third-order valence-corrected chi connectivity index (χ3v) is 5.24. The maximum atomic E-state index is 12.7. The number of aliphatic hydroxyl groups is 2. The van der Waals surface area contributed by atoms with Crippen LogP contribution in [0, 0.1) is 11.8 Å². The number of likely N-dealkylation sites (N-methyl/N-ethyl adjacent to an activating group) is 2. The van der Waals surface area contributed by atoms with Crippen LogP contribution in [0.3, 0.4) is 0 Å². The number of rotatable bonds is 10. The first-order valence-electron chi connectivity index (χ1n) is 10.9. The molecule has 0 fully saturated rings. The molecule has 0 aliphatic rings. The molecule has 10 heteroatoms. The van der Waals surface area contributed by atoms with Gasteiger partial charge in [-0.25, -0.2) is 5.48 Å². The smallest absolute Gasteiger partial charge is 0.275 e. The van der Waals surface area contributed by atoms with E-state index in [1.54, 1.807) is 24.3 Å². The van der Waals surface area contributed by atoms with Gasteiger partial charge in [0, 0.05) is 50.4 Å². The van der Waals surface area contributed by atoms with Crippen LogP contribution < -0.4 is 10.8 Å². The Bertz CT molecular complexity index is 1040. The van der Waals surface area contributed by atoms with E-state index in [-0.39, 0.29) is 18.8 Å². The molecule has 0 aromatic heterocycles. The molecule has 1 atom stereocenters. The van der Waals surface area contributed by atoms with Crippen molar-refractivity contribution >= 4 is 17.7 Å². The van der Waals surface area contributed by atoms with Gasteiger partial charge in [-0.1, -0.05) is 24.0 Å². The van der Waals surface area contributed by atoms with Gasteiger partial charge in [0.2, 0.25) is 0 Å². The molecule has 2 rings (SSSR count). The Morgan fingerprint density at radius 1 is 0.886 bits per heavy atom. The number of benzene rings is 2. The van der Waals surface area contributed by atoms with E-state index < -0.39 is 23.8 Å². The summed E-state index contributed by atoms with van der Waals surface area (Å²) in [5.74, 6) is 3.74. The van der Waals surface area contributed by atoms with Crippen LogP contribution in [0.5, 0.6) is 0 Å². The quantitative estimate of drug-likeness (QED) is 0.134. The molecule has 186 valence electrons. The number of nitrogens with one attached hydrogen (secondary N) is 2. The monoisotopic (exact) mass is 482 g/mol. The van der Waals surface area contributed by atoms with Crippen molar-refractivity contribution in [3.8, 4) is 11.8 Å². The van der Waals surface area contributed by atoms with Crippen molar-refractivity contribution < 1.29 is 29.8 Å². The molecule has 0 heterocycles. The van der Waals surface area contributed by atoms with Crippen LogP contribution >= 0.6 is 0 Å². The lowest BCUT2D eigenvalue weighted by Gasteiger charge is -2.25. The first-order chi connectivity index (χ1) is 16.8. The van der Waals surface area contributed by atoms with Gasteiger partial charge in [-0.2, -0.15) is 0 Å². The summed E-state index contributed by atoms with van der Waals surface area (Å²) in [5.41, 5.74) is 4.15. The molecule has 0 saturated carbocycles. The van der Waals surface area contributed by atoms with E-state index in [0.717, 1.165) is 16.0 Å². The van der Waals surface area contributed by atoms with Gasteiger partial charge in [0.05, 0.1) is 13.2 Å². The van der Waals surface area contributed by atoms with Gasteiger partial charge in [-0.3, -0.25) is 24.5 Å². The molecule has 0 aliphatic heterocycles. The van der Waals surface area contributed by atoms with Crippen LogP contribution in [0.15, 0.2) is 48.5 Å². The molecule has 0 radical (unpaired) electrons. The highest BCUT2D eigenvalue weighted by atomic mass is 16.5. The van der Waals surface area contributed by atoms with Gasteiger partial charge in [0.1, 0.15) is 0 Å². The molecular weight excluding hydrogens is 452 g/mol. The van der Waals surface area contributed by atoms with Crippen molar-refractivity contribution in [1.29, 1.82) is 0 Å². The summed E-state index contributed by atoms with van der Waals surface area (Å²) >= 11 is 0. The lowest BCUT2D eigenvalue weighted by molar-refractivity contribution is -0.140. The zero-order chi connectivity index (χ0) is 25.8. The highest BCUT2D eigenvalue weighted by molar-refractivity contribution is 6.08. The number of aliphatic hydroxyl groups excluding tert-OH is 2. The van der Waals surface area contributed by atoms with Crippen LogP contribution in [-0.4, -0.2) is 89.4 Å². The summed E-state index contributed by atoms with van der Waals surface area (Å²) in [6, 6.07) is 12.5. The van der Waals surface area contributed by atoms with Crippen molar-refractivity contribution in [2.75, 3.05) is 40.4 Å². The minimum atomic E-state index is -1.53. The third-order valence-electron chi connectivity index (χ3n) is 5.24. The van der Waals surface area contributed by atoms with Gasteiger partial charge in [-0.15, -0.1) is 0 Å². The first kappa shape index (κ1) is 27.5. The Kier molecular flexibility index (Phi) is 10.9. The molecule has 5 N–H and O–H groups in total. The minimum absolute atomic E-state index is 0.0247. The number of carbonyl (C=O) groups is 3. The summed E-state index contributed by atoms with van der Waals surface area (Å²) in [6.45, 7) is 1.63. The fourth-order valence-corrected chi connectivity index (χ4v) is 3.33. The first-order valence-corrected chi connectivity index (χ1v) is 10.9. The van der Waals surface area contributed by atoms with Crippen LogP contribution in [-0.2, 0) is 16.1 Å². The van der Waals surface area contributed by atoms with Gasteiger partial charge < -0.3 is 20.4 Å². The normalized spacial score (nSPS) is 11.3. The van der Waals surface area contributed by atoms with E-state index in [1.165, 1.54) is 19.6 Å². The molecule has 10 nitrogen and oxygen atoms in total. The fourth-order valence-electron chi connectivity index (χ4n) is 3.33. The van der Waals surface area contributed by atoms with Gasteiger partial charge in [0.25, 0.3) is 17.7 Å². The van der Waals surface area contributed by atoms with E-state index in [4.69, 9.17) is 15.4 Å². The lowest BCUT2D eigenvalue weighted by atomic mass is 10.1. The molecule has 1 unspecified atom stereocenters. The maximum absolute atomic E-state index is 12.7. The zero-order valence-corrected chi connectivity index (χ0v) is 19.7. The van der Waals surface area contributed by atoms with E-state index in [2.05, 4.69) is 17.2 Å². The van der Waals surface area contributed by atoms with Crippen molar-refractivity contribution in [2.45, 2.75) is 12.6 Å². The molecule has 2 aromatic rings. The Labute approximate surface area is 204 Å². The molecule has 0 bridgehead atoms. The van der Waals surface area contributed by atoms with Crippen molar-refractivity contribution in [3.63, 3.8) is 0 Å². The molecular formula is C25H30N4O6. The summed E-state index contributed by atoms with van der Waals surface area (Å²) in [6.07, 6.45) is 0. The highest BCUT2D eigenvalue weighted by Gasteiger charge is 2.33. The number of hydrogen-bond donors (Lipinski definition) is 5. The molecule has 0 saturated heterocycles. The maximum Gasteiger partial charge on any atom is 0.275 e. The van der Waals surface area contributed by atoms with Crippen molar-refractivity contribution in [2.24, 2.45) is 0 Å². The van der Waals surface area contributed by atoms with E-state index in [9.17, 15) is 14.4 Å². The van der Waals surface area contributed by atoms with Crippen LogP contribution in [0.4, 0.5) is 0 Å². The predicted molar refractivity (Wildman–Crippen MR) is 128 cm³/mol. The van der Waals surface area contributed by atoms with Crippen LogP contribution in [0.2, 0.25) is 0 Å². The Morgan fingerprint density at radius 3 is 1.86 bits per heavy atom. The summed E-state index contributed by atoms with van der Waals surface area (Å²) in [7, 11) is 2.62. The predicted octanol–water partition coefficient (Wildman–Crippen LogP) is -0.435. The third kappa shape index (κ3) is 7.91. The standard InChI is InChI=1S/C25H30N4O6/c1-26-23(32)22(24(33)27-35)28(2)25(34)21-11-9-19(10-12-21)4-3-18-5-7-20(8-6-18)17-29(13-15-30)14-16-31/h5-12,22,30-31,35H,13-17H2,1-2H3,(H,26,32)(H,27,33). The molecule has 0 aliphatic carbocycles. The van der Waals surface area contributed by atoms with Crippen molar-refractivity contribution in [3.05, 3.63) is 70.8 Å². The number of nitrogens with zero attached hydrogens (tertiary/aromatic N) is 2. The topological polar surface area (TPSA) is 142 Å². The van der Waals surface area contributed by atoms with Crippen molar-refractivity contribution in [1.82, 2.24) is 20.6 Å². The summed E-state index contributed by atoms with van der Waals surface area (Å²) in [4.78, 5) is 39.4. The van der Waals surface area contributed by atoms with E-state index >= 15 is 0 Å². The number of carbonyl (C=O) groups excluding carboxylic acids is 3. The van der Waals surface area contributed by atoms with Gasteiger partial charge in [0.15, 0.2) is 6.04 Å². The SMILES string of the molecule is CNC(=O)C(C(=O)NO)N(C)C(=O)c1ccc(C#Cc2ccc(CN(CCO)CCO)cc2)cc1. The number of amides is 3. The number of hydroxylamine groups is 1. The van der Waals surface area contributed by atoms with Crippen LogP contribution in [0.1, 0.15) is 27.0 Å². The second-order valence-corrected chi connectivity index (χ2v) is 7.66. The number of hydrogen-bond acceptors (Lipinski definition) is 7. The molecule has 3 amide bonds. The highest BCUT2D eigenvalue weighted by Crippen LogP contribution is 2.11. The van der Waals surface area contributed by atoms with E-state index in [1.807, 2.05) is 29.2 Å².